The fourth-order valence-electron chi connectivity index (χ4n) is 2.75. The lowest BCUT2D eigenvalue weighted by molar-refractivity contribution is -0.432. The van der Waals surface area contributed by atoms with Gasteiger partial charge in [0.15, 0.2) is 22.5 Å². The van der Waals surface area contributed by atoms with Gasteiger partial charge in [-0.05, 0) is 18.2 Å². The van der Waals surface area contributed by atoms with Crippen molar-refractivity contribution in [1.82, 2.24) is 9.97 Å². The third-order valence-corrected chi connectivity index (χ3v) is 7.25. The molecular formula is C16H13N7O9S4. The van der Waals surface area contributed by atoms with Gasteiger partial charge < -0.3 is 11.5 Å². The summed E-state index contributed by atoms with van der Waals surface area (Å²) in [4.78, 5) is 6.25. The van der Waals surface area contributed by atoms with E-state index in [1.807, 2.05) is 6.07 Å². The summed E-state index contributed by atoms with van der Waals surface area (Å²) in [7, 11) is -9.78. The second-order valence-electron chi connectivity index (χ2n) is 6.38. The van der Waals surface area contributed by atoms with E-state index in [4.69, 9.17) is 22.0 Å². The molecule has 0 radical (unpaired) electrons. The number of hydrogen-bond donors (Lipinski definition) is 5. The highest BCUT2D eigenvalue weighted by Crippen LogP contribution is 2.41. The zero-order chi connectivity index (χ0) is 26.7. The van der Waals surface area contributed by atoms with Crippen LogP contribution < -0.4 is 11.5 Å². The molecule has 3 rings (SSSR count). The quantitative estimate of drug-likeness (QED) is 0.0466. The summed E-state index contributed by atoms with van der Waals surface area (Å²) in [6.45, 7) is 0. The number of rotatable bonds is 9. The third-order valence-electron chi connectivity index (χ3n) is 4.17. The molecular weight excluding hydrogens is 562 g/mol. The average molecular weight is 576 g/mol. The minimum absolute atomic E-state index is 0.00888. The molecule has 0 unspecified atom stereocenters. The Morgan fingerprint density at radius 1 is 1.00 bits per heavy atom. The number of nitrogens with zero attached hydrogens (tertiary/aromatic N) is 5. The summed E-state index contributed by atoms with van der Waals surface area (Å²) in [6, 6.07) is 5.78. The summed E-state index contributed by atoms with van der Waals surface area (Å²) in [5, 5.41) is 28.1. The monoisotopic (exact) mass is 575 g/mol. The molecule has 3 aromatic rings. The lowest BCUT2D eigenvalue weighted by Crippen LogP contribution is -2.02. The van der Waals surface area contributed by atoms with Gasteiger partial charge >= 0.3 is 0 Å². The summed E-state index contributed by atoms with van der Waals surface area (Å²) >= 11 is 1.25. The Morgan fingerprint density at radius 2 is 1.64 bits per heavy atom. The van der Waals surface area contributed by atoms with Gasteiger partial charge in [0.05, 0.1) is 28.8 Å². The van der Waals surface area contributed by atoms with E-state index in [1.54, 1.807) is 0 Å². The second kappa shape index (κ2) is 10.9. The van der Waals surface area contributed by atoms with Gasteiger partial charge in [-0.3, -0.25) is 9.11 Å². The van der Waals surface area contributed by atoms with Crippen LogP contribution in [-0.4, -0.2) is 46.9 Å². The second-order valence-corrected chi connectivity index (χ2v) is 10.9. The molecule has 0 aliphatic rings. The summed E-state index contributed by atoms with van der Waals surface area (Å²) in [5.74, 6) is -0.540. The van der Waals surface area contributed by atoms with E-state index in [2.05, 4.69) is 29.6 Å². The Balaban J connectivity index is 2.31. The van der Waals surface area contributed by atoms with Crippen molar-refractivity contribution in [2.75, 3.05) is 17.2 Å². The highest BCUT2D eigenvalue weighted by atomic mass is 32.2. The molecule has 0 amide bonds. The highest BCUT2D eigenvalue weighted by Gasteiger charge is 2.23. The topological polar surface area (TPSA) is 274 Å². The first-order valence-corrected chi connectivity index (χ1v) is 13.5. The number of fused-ring (bicyclic) bond motifs is 1. The van der Waals surface area contributed by atoms with Gasteiger partial charge in [-0.2, -0.15) is 22.1 Å². The maximum Gasteiger partial charge on any atom is 0.296 e. The molecule has 190 valence electrons. The van der Waals surface area contributed by atoms with Gasteiger partial charge in [0.25, 0.3) is 20.2 Å². The number of azo groups is 1. The molecule has 7 N–H and O–H groups in total. The van der Waals surface area contributed by atoms with Crippen LogP contribution in [0.3, 0.4) is 0 Å². The van der Waals surface area contributed by atoms with Crippen LogP contribution in [-0.2, 0) is 29.6 Å². The molecule has 0 aliphatic carbocycles. The van der Waals surface area contributed by atoms with Crippen molar-refractivity contribution < 1.29 is 40.6 Å². The Hall–Kier alpha value is -3.13. The zero-order valence-electron chi connectivity index (χ0n) is 17.3. The lowest BCUT2D eigenvalue weighted by Gasteiger charge is -2.11. The van der Waals surface area contributed by atoms with Gasteiger partial charge in [-0.1, -0.05) is 22.9 Å². The number of hydrogen-bond acceptors (Lipinski definition) is 16. The predicted octanol–water partition coefficient (Wildman–Crippen LogP) is 2.75. The van der Waals surface area contributed by atoms with Crippen molar-refractivity contribution >= 4 is 77.8 Å². The number of nitrogens with two attached hydrogens (primary N) is 2. The molecule has 0 aliphatic heterocycles. The molecule has 0 saturated heterocycles. The number of anilines is 2. The summed E-state index contributed by atoms with van der Waals surface area (Å²) < 4.78 is 71.2. The van der Waals surface area contributed by atoms with Gasteiger partial charge in [0.1, 0.15) is 10.6 Å². The average Bonchev–Trinajstić information content (AvgIpc) is 2.79. The van der Waals surface area contributed by atoms with Gasteiger partial charge in [0, 0.05) is 15.7 Å². The van der Waals surface area contributed by atoms with E-state index in [-0.39, 0.29) is 43.9 Å². The van der Waals surface area contributed by atoms with Crippen LogP contribution in [0.2, 0.25) is 0 Å². The molecule has 2 aromatic carbocycles. The van der Waals surface area contributed by atoms with Crippen molar-refractivity contribution in [1.29, 1.82) is 5.26 Å². The largest absolute Gasteiger partial charge is 0.382 e. The minimum atomic E-state index is -4.94. The van der Waals surface area contributed by atoms with E-state index in [9.17, 15) is 25.9 Å². The van der Waals surface area contributed by atoms with E-state index < -0.39 is 35.7 Å². The number of nitrogen functional groups attached to an aromatic ring is 2. The zero-order valence-corrected chi connectivity index (χ0v) is 20.6. The van der Waals surface area contributed by atoms with Gasteiger partial charge in [-0.25, -0.2) is 15.2 Å². The van der Waals surface area contributed by atoms with E-state index in [1.165, 1.54) is 6.07 Å². The maximum absolute atomic E-state index is 12.0. The predicted molar refractivity (Wildman–Crippen MR) is 126 cm³/mol. The number of benzene rings is 2. The molecule has 36 heavy (non-hydrogen) atoms. The molecule has 1 aromatic heterocycles. The first-order valence-electron chi connectivity index (χ1n) is 8.91. The molecule has 20 heteroatoms. The normalized spacial score (nSPS) is 12.3. The van der Waals surface area contributed by atoms with Crippen LogP contribution in [0.1, 0.15) is 0 Å². The third kappa shape index (κ3) is 6.16. The molecule has 0 spiro atoms. The van der Waals surface area contributed by atoms with Crippen molar-refractivity contribution in [3.63, 3.8) is 0 Å². The standard InChI is InChI=1S/C16H13N7O9S4/c17-3-4-33-16-20-14(18)13(15(19)21-16)23-22-12-9-5-7(35(25,26)27)6-10(34-32-31-24)8(9)1-2-11(12)36(28,29)30/h1-2,5-6,24H,4H2,(H,25,26,27)(H,28,29,30)(H4,18,19,20,21). The summed E-state index contributed by atoms with van der Waals surface area (Å²) in [6.07, 6.45) is 0. The molecule has 0 saturated carbocycles. The van der Waals surface area contributed by atoms with Gasteiger partial charge in [0.2, 0.25) is 0 Å². The van der Waals surface area contributed by atoms with E-state index >= 15 is 0 Å². The van der Waals surface area contributed by atoms with Crippen molar-refractivity contribution in [2.24, 2.45) is 10.2 Å². The first-order chi connectivity index (χ1) is 16.9. The van der Waals surface area contributed by atoms with Gasteiger partial charge in [-0.15, -0.1) is 14.6 Å². The van der Waals surface area contributed by atoms with E-state index in [0.717, 1.165) is 30.0 Å². The number of thioether (sulfide) groups is 1. The Kier molecular flexibility index (Phi) is 8.29. The molecule has 16 nitrogen and oxygen atoms in total. The van der Waals surface area contributed by atoms with Crippen molar-refractivity contribution in [3.05, 3.63) is 24.3 Å². The van der Waals surface area contributed by atoms with Crippen LogP contribution in [0.5, 0.6) is 0 Å². The molecule has 0 fully saturated rings. The Labute approximate surface area is 210 Å². The van der Waals surface area contributed by atoms with Crippen LogP contribution in [0.4, 0.5) is 23.0 Å². The number of nitriles is 1. The van der Waals surface area contributed by atoms with Crippen LogP contribution in [0, 0.1) is 11.3 Å². The number of aromatic nitrogens is 2. The van der Waals surface area contributed by atoms with Crippen LogP contribution >= 0.6 is 23.8 Å². The SMILES string of the molecule is N#CCSc1nc(N)c(N=Nc2c(S(=O)(=O)O)ccc3c(SOOO)cc(S(=O)(=O)O)cc23)c(N)n1. The lowest BCUT2D eigenvalue weighted by atomic mass is 10.1. The summed E-state index contributed by atoms with van der Waals surface area (Å²) in [5.41, 5.74) is 10.8. The Morgan fingerprint density at radius 3 is 2.19 bits per heavy atom. The molecule has 0 bridgehead atoms. The fourth-order valence-corrected chi connectivity index (χ4v) is 5.06. The smallest absolute Gasteiger partial charge is 0.296 e. The first kappa shape index (κ1) is 27.5. The molecule has 1 heterocycles. The highest BCUT2D eigenvalue weighted by molar-refractivity contribution is 7.99. The van der Waals surface area contributed by atoms with Crippen molar-refractivity contribution in [2.45, 2.75) is 19.8 Å². The molecule has 0 atom stereocenters. The van der Waals surface area contributed by atoms with E-state index in [0.29, 0.717) is 12.0 Å². The van der Waals surface area contributed by atoms with Crippen LogP contribution in [0.15, 0.2) is 54.3 Å². The fraction of sp³-hybridized carbons (Fsp3) is 0.0625. The maximum atomic E-state index is 12.0. The Bertz CT molecular complexity index is 1600. The minimum Gasteiger partial charge on any atom is -0.382 e. The van der Waals surface area contributed by atoms with Crippen molar-refractivity contribution in [3.8, 4) is 6.07 Å². The van der Waals surface area contributed by atoms with Crippen LogP contribution in [0.25, 0.3) is 10.8 Å².